The Morgan fingerprint density at radius 1 is 1.00 bits per heavy atom. The first-order chi connectivity index (χ1) is 15.1. The van der Waals surface area contributed by atoms with E-state index in [0.717, 1.165) is 0 Å². The minimum absolute atomic E-state index is 0.132. The second-order valence-electron chi connectivity index (χ2n) is 7.17. The number of primary amides is 1. The van der Waals surface area contributed by atoms with Gasteiger partial charge >= 0.3 is 0 Å². The van der Waals surface area contributed by atoms with E-state index < -0.39 is 27.5 Å². The smallest absolute Gasteiger partial charge is 0.274 e. The summed E-state index contributed by atoms with van der Waals surface area (Å²) in [6.07, 6.45) is 2.68. The van der Waals surface area contributed by atoms with Crippen molar-refractivity contribution in [3.8, 4) is 0 Å². The first kappa shape index (κ1) is 23.1. The number of nitrogens with zero attached hydrogens (tertiary/aromatic N) is 2. The van der Waals surface area contributed by atoms with Crippen LogP contribution in [0.25, 0.3) is 0 Å². The second kappa shape index (κ2) is 8.36. The van der Waals surface area contributed by atoms with Crippen molar-refractivity contribution in [3.05, 3.63) is 86.9 Å². The number of benzene rings is 2. The Hall–Kier alpha value is -2.09. The molecule has 2 amide bonds. The third kappa shape index (κ3) is 3.70. The predicted octanol–water partition coefficient (Wildman–Crippen LogP) is 5.38. The zero-order chi connectivity index (χ0) is 23.3. The molecule has 0 spiro atoms. The van der Waals surface area contributed by atoms with E-state index in [0.29, 0.717) is 21.2 Å². The Balaban J connectivity index is 1.77. The lowest BCUT2D eigenvalue weighted by atomic mass is 9.89. The Labute approximate surface area is 208 Å². The molecule has 164 valence electrons. The molecule has 0 bridgehead atoms. The number of rotatable bonds is 5. The van der Waals surface area contributed by atoms with Gasteiger partial charge < -0.3 is 11.1 Å². The number of anilines is 1. The summed E-state index contributed by atoms with van der Waals surface area (Å²) in [5, 5.41) is 3.61. The lowest BCUT2D eigenvalue weighted by molar-refractivity contribution is -0.120. The molecule has 2 atom stereocenters. The molecular formula is C21H13Cl5N4O2. The Morgan fingerprint density at radius 3 is 2.28 bits per heavy atom. The van der Waals surface area contributed by atoms with Crippen LogP contribution < -0.4 is 11.1 Å². The van der Waals surface area contributed by atoms with Crippen LogP contribution in [0.15, 0.2) is 55.0 Å². The van der Waals surface area contributed by atoms with E-state index in [-0.39, 0.29) is 16.4 Å². The highest BCUT2D eigenvalue weighted by molar-refractivity contribution is 6.55. The van der Waals surface area contributed by atoms with Gasteiger partial charge in [-0.25, -0.2) is 9.97 Å². The van der Waals surface area contributed by atoms with Crippen LogP contribution in [0.1, 0.15) is 27.5 Å². The number of halogens is 5. The van der Waals surface area contributed by atoms with Crippen LogP contribution >= 0.6 is 58.0 Å². The van der Waals surface area contributed by atoms with E-state index in [4.69, 9.17) is 63.7 Å². The van der Waals surface area contributed by atoms with Crippen molar-refractivity contribution < 1.29 is 9.59 Å². The van der Waals surface area contributed by atoms with Crippen LogP contribution in [0.4, 0.5) is 5.69 Å². The fraction of sp³-hybridized carbons (Fsp3) is 0.143. The van der Waals surface area contributed by atoms with Crippen molar-refractivity contribution >= 4 is 75.5 Å². The third-order valence-corrected chi connectivity index (χ3v) is 7.13. The number of alkyl halides is 2. The van der Waals surface area contributed by atoms with Crippen molar-refractivity contribution in [2.45, 2.75) is 15.7 Å². The van der Waals surface area contributed by atoms with E-state index in [1.807, 2.05) is 0 Å². The fourth-order valence-electron chi connectivity index (χ4n) is 3.89. The van der Waals surface area contributed by atoms with Gasteiger partial charge in [0.05, 0.1) is 10.7 Å². The first-order valence-electron chi connectivity index (χ1n) is 9.10. The van der Waals surface area contributed by atoms with Gasteiger partial charge in [-0.1, -0.05) is 64.1 Å². The molecule has 11 heteroatoms. The van der Waals surface area contributed by atoms with Gasteiger partial charge in [0.15, 0.2) is 0 Å². The van der Waals surface area contributed by atoms with Crippen molar-refractivity contribution in [1.29, 1.82) is 0 Å². The highest BCUT2D eigenvalue weighted by atomic mass is 35.5. The summed E-state index contributed by atoms with van der Waals surface area (Å²) in [6, 6.07) is 10.8. The molecule has 0 saturated heterocycles. The molecule has 0 aliphatic heterocycles. The van der Waals surface area contributed by atoms with Gasteiger partial charge in [-0.2, -0.15) is 0 Å². The average Bonchev–Trinajstić information content (AvgIpc) is 3.27. The summed E-state index contributed by atoms with van der Waals surface area (Å²) in [4.78, 5) is 33.0. The standard InChI is InChI=1S/C21H13Cl5N4O2/c22-12-5-10(6-13(23)8-12)17-20(19(27)32,21(17,25)26)11-1-2-14(24)16(7-11)30-18(31)15-3-4-28-9-29-15/h1-9,17H,(H2,27,32)(H,30,31). The van der Waals surface area contributed by atoms with Crippen LogP contribution in [0.2, 0.25) is 15.1 Å². The van der Waals surface area contributed by atoms with Gasteiger partial charge in [0.25, 0.3) is 5.91 Å². The van der Waals surface area contributed by atoms with E-state index >= 15 is 0 Å². The largest absolute Gasteiger partial charge is 0.369 e. The van der Waals surface area contributed by atoms with Gasteiger partial charge in [0.1, 0.15) is 21.8 Å². The van der Waals surface area contributed by atoms with E-state index in [9.17, 15) is 9.59 Å². The minimum Gasteiger partial charge on any atom is -0.369 e. The summed E-state index contributed by atoms with van der Waals surface area (Å²) < 4.78 is -1.59. The Kier molecular flexibility index (Phi) is 6.03. The molecular weight excluding hydrogens is 518 g/mol. The zero-order valence-corrected chi connectivity index (χ0v) is 19.7. The number of carbonyl (C=O) groups excluding carboxylic acids is 2. The molecule has 3 N–H and O–H groups in total. The topological polar surface area (TPSA) is 98.0 Å². The zero-order valence-electron chi connectivity index (χ0n) is 16.0. The normalized spacial score (nSPS) is 21.1. The van der Waals surface area contributed by atoms with Gasteiger partial charge in [0, 0.05) is 22.2 Å². The van der Waals surface area contributed by atoms with Crippen molar-refractivity contribution in [2.24, 2.45) is 5.73 Å². The van der Waals surface area contributed by atoms with E-state index in [1.165, 1.54) is 30.7 Å². The highest BCUT2D eigenvalue weighted by Gasteiger charge is 2.80. The average molecular weight is 531 g/mol. The van der Waals surface area contributed by atoms with Gasteiger partial charge in [-0.3, -0.25) is 9.59 Å². The van der Waals surface area contributed by atoms with Crippen LogP contribution in [0, 0.1) is 0 Å². The number of hydrogen-bond acceptors (Lipinski definition) is 4. The van der Waals surface area contributed by atoms with Crippen molar-refractivity contribution in [2.75, 3.05) is 5.32 Å². The van der Waals surface area contributed by atoms with Crippen molar-refractivity contribution in [1.82, 2.24) is 9.97 Å². The molecule has 1 aliphatic carbocycles. The molecule has 1 aliphatic rings. The predicted molar refractivity (Wildman–Crippen MR) is 126 cm³/mol. The Bertz CT molecular complexity index is 1220. The molecule has 1 heterocycles. The molecule has 0 radical (unpaired) electrons. The van der Waals surface area contributed by atoms with Crippen molar-refractivity contribution in [3.63, 3.8) is 0 Å². The molecule has 32 heavy (non-hydrogen) atoms. The summed E-state index contributed by atoms with van der Waals surface area (Å²) >= 11 is 31.8. The number of hydrogen-bond donors (Lipinski definition) is 2. The summed E-state index contributed by atoms with van der Waals surface area (Å²) in [6.45, 7) is 0. The Morgan fingerprint density at radius 2 is 1.69 bits per heavy atom. The monoisotopic (exact) mass is 528 g/mol. The first-order valence-corrected chi connectivity index (χ1v) is 11.0. The lowest BCUT2D eigenvalue weighted by Gasteiger charge is -2.18. The highest BCUT2D eigenvalue weighted by Crippen LogP contribution is 2.74. The molecule has 3 aromatic rings. The van der Waals surface area contributed by atoms with E-state index in [1.54, 1.807) is 24.3 Å². The van der Waals surface area contributed by atoms with Crippen LogP contribution in [0.5, 0.6) is 0 Å². The van der Waals surface area contributed by atoms with Crippen LogP contribution in [-0.4, -0.2) is 26.1 Å². The van der Waals surface area contributed by atoms with E-state index in [2.05, 4.69) is 15.3 Å². The minimum atomic E-state index is -1.59. The maximum atomic E-state index is 12.7. The number of amides is 2. The molecule has 1 aromatic heterocycles. The molecule has 1 saturated carbocycles. The molecule has 2 aromatic carbocycles. The summed E-state index contributed by atoms with van der Waals surface area (Å²) in [7, 11) is 0. The third-order valence-electron chi connectivity index (χ3n) is 5.33. The number of aromatic nitrogens is 2. The summed E-state index contributed by atoms with van der Waals surface area (Å²) in [5.41, 5.74) is 5.59. The molecule has 2 unspecified atom stereocenters. The molecule has 6 nitrogen and oxygen atoms in total. The van der Waals surface area contributed by atoms with Gasteiger partial charge in [0.2, 0.25) is 5.91 Å². The fourth-order valence-corrected chi connectivity index (χ4v) is 5.69. The quantitative estimate of drug-likeness (QED) is 0.433. The molecule has 1 fully saturated rings. The SMILES string of the molecule is NC(=O)C1(c2ccc(Cl)c(NC(=O)c3ccncn3)c2)C(c2cc(Cl)cc(Cl)c2)C1(Cl)Cl. The second-order valence-corrected chi connectivity index (χ2v) is 9.84. The maximum absolute atomic E-state index is 12.7. The number of nitrogens with one attached hydrogen (secondary N) is 1. The van der Waals surface area contributed by atoms with Crippen LogP contribution in [-0.2, 0) is 10.2 Å². The number of carbonyl (C=O) groups is 2. The van der Waals surface area contributed by atoms with Gasteiger partial charge in [-0.05, 0) is 47.5 Å². The number of nitrogens with two attached hydrogens (primary N) is 1. The summed E-state index contributed by atoms with van der Waals surface area (Å²) in [5.74, 6) is -2.01. The maximum Gasteiger partial charge on any atom is 0.274 e. The van der Waals surface area contributed by atoms with Crippen LogP contribution in [0.3, 0.4) is 0 Å². The van der Waals surface area contributed by atoms with Gasteiger partial charge in [-0.15, -0.1) is 0 Å². The molecule has 4 rings (SSSR count). The lowest BCUT2D eigenvalue weighted by Crippen LogP contribution is -2.34.